The van der Waals surface area contributed by atoms with E-state index in [4.69, 9.17) is 5.11 Å². The number of hydrogen-bond acceptors (Lipinski definition) is 2. The summed E-state index contributed by atoms with van der Waals surface area (Å²) in [6.45, 7) is 1.27. The Hall–Kier alpha value is -0.830. The predicted octanol–water partition coefficient (Wildman–Crippen LogP) is 0.753. The van der Waals surface area contributed by atoms with Gasteiger partial charge in [-0.05, 0) is 18.9 Å². The molecule has 1 aliphatic heterocycles. The highest BCUT2D eigenvalue weighted by atomic mass is 16.3. The van der Waals surface area contributed by atoms with Crippen molar-refractivity contribution in [3.63, 3.8) is 0 Å². The molecule has 0 bridgehead atoms. The molecule has 0 radical (unpaired) electrons. The number of aromatic nitrogens is 2. The largest absolute Gasteiger partial charge is 0.396 e. The van der Waals surface area contributed by atoms with Crippen LogP contribution in [-0.2, 0) is 6.54 Å². The fourth-order valence-electron chi connectivity index (χ4n) is 1.70. The molecule has 1 unspecified atom stereocenters. The number of aliphatic hydroxyl groups excluding tert-OH is 1. The van der Waals surface area contributed by atoms with Crippen molar-refractivity contribution in [1.82, 2.24) is 9.78 Å². The summed E-state index contributed by atoms with van der Waals surface area (Å²) in [4.78, 5) is 0. The van der Waals surface area contributed by atoms with E-state index in [1.807, 2.05) is 16.9 Å². The van der Waals surface area contributed by atoms with Crippen molar-refractivity contribution >= 4 is 0 Å². The van der Waals surface area contributed by atoms with Gasteiger partial charge < -0.3 is 5.11 Å². The molecule has 1 atom stereocenters. The second-order valence-corrected chi connectivity index (χ2v) is 3.00. The summed E-state index contributed by atoms with van der Waals surface area (Å²) >= 11 is 0. The zero-order valence-electron chi connectivity index (χ0n) is 6.40. The summed E-state index contributed by atoms with van der Waals surface area (Å²) in [5, 5.41) is 13.2. The van der Waals surface area contributed by atoms with Gasteiger partial charge in [0.2, 0.25) is 0 Å². The Labute approximate surface area is 65.7 Å². The van der Waals surface area contributed by atoms with Gasteiger partial charge in [0.1, 0.15) is 0 Å². The molecule has 60 valence electrons. The molecule has 0 amide bonds. The first-order chi connectivity index (χ1) is 5.42. The highest BCUT2D eigenvalue weighted by Crippen LogP contribution is 2.25. The normalized spacial score (nSPS) is 23.2. The van der Waals surface area contributed by atoms with Crippen LogP contribution in [0.4, 0.5) is 0 Å². The van der Waals surface area contributed by atoms with Gasteiger partial charge in [-0.25, -0.2) is 0 Å². The lowest BCUT2D eigenvalue weighted by molar-refractivity contribution is 0.237. The van der Waals surface area contributed by atoms with Crippen molar-refractivity contribution in [3.8, 4) is 0 Å². The second-order valence-electron chi connectivity index (χ2n) is 3.00. The van der Waals surface area contributed by atoms with E-state index in [9.17, 15) is 0 Å². The zero-order chi connectivity index (χ0) is 7.68. The first kappa shape index (κ1) is 6.85. The van der Waals surface area contributed by atoms with Crippen molar-refractivity contribution in [2.24, 2.45) is 0 Å². The van der Waals surface area contributed by atoms with Gasteiger partial charge in [0.15, 0.2) is 0 Å². The molecule has 0 aromatic carbocycles. The fourth-order valence-corrected chi connectivity index (χ4v) is 1.70. The third kappa shape index (κ3) is 1.05. The van der Waals surface area contributed by atoms with E-state index in [2.05, 4.69) is 5.10 Å². The van der Waals surface area contributed by atoms with E-state index in [1.54, 1.807) is 0 Å². The molecule has 1 aromatic heterocycles. The monoisotopic (exact) mass is 152 g/mol. The third-order valence-corrected chi connectivity index (χ3v) is 2.31. The van der Waals surface area contributed by atoms with Gasteiger partial charge in [0, 0.05) is 24.4 Å². The Bertz CT molecular complexity index is 244. The van der Waals surface area contributed by atoms with Gasteiger partial charge in [0.05, 0.1) is 6.61 Å². The number of fused-ring (bicyclic) bond motifs is 1. The molecule has 0 saturated carbocycles. The molecular weight excluding hydrogens is 140 g/mol. The standard InChI is InChI=1S/C8H12N2O/c11-6-7-2-1-5-10-8(7)3-4-9-10/h3-4,7,11H,1-2,5-6H2. The smallest absolute Gasteiger partial charge is 0.0514 e. The summed E-state index contributed by atoms with van der Waals surface area (Å²) in [6, 6.07) is 2.00. The molecule has 1 aliphatic rings. The highest BCUT2D eigenvalue weighted by molar-refractivity contribution is 5.09. The first-order valence-corrected chi connectivity index (χ1v) is 4.04. The zero-order valence-corrected chi connectivity index (χ0v) is 6.40. The molecule has 3 nitrogen and oxygen atoms in total. The molecule has 11 heavy (non-hydrogen) atoms. The molecule has 0 saturated heterocycles. The maximum absolute atomic E-state index is 9.02. The van der Waals surface area contributed by atoms with Crippen LogP contribution in [0.3, 0.4) is 0 Å². The van der Waals surface area contributed by atoms with Gasteiger partial charge in [-0.2, -0.15) is 5.10 Å². The van der Waals surface area contributed by atoms with E-state index < -0.39 is 0 Å². The van der Waals surface area contributed by atoms with Crippen LogP contribution < -0.4 is 0 Å². The van der Waals surface area contributed by atoms with Crippen LogP contribution in [0, 0.1) is 0 Å². The number of nitrogens with zero attached hydrogens (tertiary/aromatic N) is 2. The predicted molar refractivity (Wildman–Crippen MR) is 41.3 cm³/mol. The van der Waals surface area contributed by atoms with E-state index in [-0.39, 0.29) is 6.61 Å². The molecule has 2 rings (SSSR count). The summed E-state index contributed by atoms with van der Waals surface area (Å²) in [5.41, 5.74) is 1.19. The van der Waals surface area contributed by atoms with Crippen molar-refractivity contribution < 1.29 is 5.11 Å². The maximum Gasteiger partial charge on any atom is 0.0514 e. The number of aliphatic hydroxyl groups is 1. The van der Waals surface area contributed by atoms with Crippen LogP contribution in [0.25, 0.3) is 0 Å². The van der Waals surface area contributed by atoms with Crippen molar-refractivity contribution in [2.45, 2.75) is 25.3 Å². The Kier molecular flexibility index (Phi) is 1.66. The van der Waals surface area contributed by atoms with Gasteiger partial charge in [0.25, 0.3) is 0 Å². The lowest BCUT2D eigenvalue weighted by Crippen LogP contribution is -2.18. The Morgan fingerprint density at radius 2 is 2.64 bits per heavy atom. The Balaban J connectivity index is 2.32. The minimum absolute atomic E-state index is 0.256. The van der Waals surface area contributed by atoms with Crippen LogP contribution in [0.15, 0.2) is 12.3 Å². The van der Waals surface area contributed by atoms with Crippen molar-refractivity contribution in [3.05, 3.63) is 18.0 Å². The minimum atomic E-state index is 0.256. The molecule has 0 fully saturated rings. The minimum Gasteiger partial charge on any atom is -0.396 e. The SMILES string of the molecule is OCC1CCCn2nccc21. The lowest BCUT2D eigenvalue weighted by Gasteiger charge is -2.21. The highest BCUT2D eigenvalue weighted by Gasteiger charge is 2.19. The van der Waals surface area contributed by atoms with Crippen LogP contribution in [0.2, 0.25) is 0 Å². The van der Waals surface area contributed by atoms with E-state index in [0.717, 1.165) is 19.4 Å². The first-order valence-electron chi connectivity index (χ1n) is 4.04. The van der Waals surface area contributed by atoms with E-state index >= 15 is 0 Å². The molecule has 0 spiro atoms. The Morgan fingerprint density at radius 1 is 1.73 bits per heavy atom. The number of hydrogen-bond donors (Lipinski definition) is 1. The second kappa shape index (κ2) is 2.66. The van der Waals surface area contributed by atoms with Crippen LogP contribution >= 0.6 is 0 Å². The molecule has 2 heterocycles. The average Bonchev–Trinajstić information content (AvgIpc) is 2.50. The lowest BCUT2D eigenvalue weighted by atomic mass is 9.97. The van der Waals surface area contributed by atoms with E-state index in [1.165, 1.54) is 5.69 Å². The summed E-state index contributed by atoms with van der Waals surface area (Å²) in [6.07, 6.45) is 4.05. The fraction of sp³-hybridized carbons (Fsp3) is 0.625. The molecule has 3 heteroatoms. The molecular formula is C8H12N2O. The van der Waals surface area contributed by atoms with Gasteiger partial charge >= 0.3 is 0 Å². The van der Waals surface area contributed by atoms with Crippen molar-refractivity contribution in [1.29, 1.82) is 0 Å². The van der Waals surface area contributed by atoms with Gasteiger partial charge in [-0.1, -0.05) is 0 Å². The maximum atomic E-state index is 9.02. The van der Waals surface area contributed by atoms with Crippen LogP contribution in [-0.4, -0.2) is 21.5 Å². The molecule has 1 N–H and O–H groups in total. The third-order valence-electron chi connectivity index (χ3n) is 2.31. The van der Waals surface area contributed by atoms with Gasteiger partial charge in [-0.15, -0.1) is 0 Å². The quantitative estimate of drug-likeness (QED) is 0.645. The van der Waals surface area contributed by atoms with E-state index in [0.29, 0.717) is 5.92 Å². The van der Waals surface area contributed by atoms with Crippen molar-refractivity contribution in [2.75, 3.05) is 6.61 Å². The van der Waals surface area contributed by atoms with Gasteiger partial charge in [-0.3, -0.25) is 4.68 Å². The number of rotatable bonds is 1. The number of aryl methyl sites for hydroxylation is 1. The summed E-state index contributed by atoms with van der Waals surface area (Å²) < 4.78 is 1.99. The Morgan fingerprint density at radius 3 is 3.45 bits per heavy atom. The van der Waals surface area contributed by atoms with Crippen LogP contribution in [0.5, 0.6) is 0 Å². The van der Waals surface area contributed by atoms with Crippen LogP contribution in [0.1, 0.15) is 24.5 Å². The average molecular weight is 152 g/mol. The molecule has 0 aliphatic carbocycles. The molecule has 1 aromatic rings. The summed E-state index contributed by atoms with van der Waals surface area (Å²) in [7, 11) is 0. The topological polar surface area (TPSA) is 38.0 Å². The summed E-state index contributed by atoms with van der Waals surface area (Å²) in [5.74, 6) is 0.325.